The highest BCUT2D eigenvalue weighted by molar-refractivity contribution is 6.35. The van der Waals surface area contributed by atoms with Crippen LogP contribution in [0.15, 0.2) is 48.5 Å². The van der Waals surface area contributed by atoms with Crippen LogP contribution in [0.4, 0.5) is 10.5 Å². The minimum Gasteiger partial charge on any atom is -0.472 e. The zero-order chi connectivity index (χ0) is 15.9. The molecule has 22 heavy (non-hydrogen) atoms. The summed E-state index contributed by atoms with van der Waals surface area (Å²) in [6.07, 6.45) is 0. The van der Waals surface area contributed by atoms with Gasteiger partial charge < -0.3 is 10.1 Å². The fourth-order valence-corrected chi connectivity index (χ4v) is 2.38. The Hall–Kier alpha value is -1.91. The van der Waals surface area contributed by atoms with Crippen LogP contribution in [-0.4, -0.2) is 19.3 Å². The van der Waals surface area contributed by atoms with Crippen LogP contribution in [0.3, 0.4) is 0 Å². The van der Waals surface area contributed by atoms with E-state index in [4.69, 9.17) is 27.9 Å². The number of nitrogens with zero attached hydrogens (tertiary/aromatic N) is 1. The fourth-order valence-electron chi connectivity index (χ4n) is 1.91. The number of carbonyl (C=O) groups excluding carboxylic acids is 1. The predicted molar refractivity (Wildman–Crippen MR) is 90.0 cm³/mol. The van der Waals surface area contributed by atoms with E-state index in [1.54, 1.807) is 23.1 Å². The number of nitrogens with one attached hydrogen (secondary N) is 1. The molecule has 1 N–H and O–H groups in total. The molecule has 0 aromatic heterocycles. The van der Waals surface area contributed by atoms with Gasteiger partial charge in [-0.1, -0.05) is 41.4 Å². The van der Waals surface area contributed by atoms with Crippen LogP contribution < -0.4 is 15.0 Å². The zero-order valence-electron chi connectivity index (χ0n) is 12.1. The molecular formula is C16H16Cl2N2O2. The molecule has 0 saturated carbocycles. The zero-order valence-corrected chi connectivity index (χ0v) is 13.6. The van der Waals surface area contributed by atoms with Crippen LogP contribution in [0.25, 0.3) is 0 Å². The van der Waals surface area contributed by atoms with Crippen LogP contribution in [0.2, 0.25) is 10.0 Å². The van der Waals surface area contributed by atoms with Gasteiger partial charge in [0.25, 0.3) is 0 Å². The summed E-state index contributed by atoms with van der Waals surface area (Å²) < 4.78 is 5.44. The number of hydrogen-bond acceptors (Lipinski definition) is 2. The molecule has 0 aliphatic heterocycles. The summed E-state index contributed by atoms with van der Waals surface area (Å²) >= 11 is 11.8. The van der Waals surface area contributed by atoms with E-state index in [0.717, 1.165) is 5.69 Å². The maximum Gasteiger partial charge on any atom is 0.324 e. The van der Waals surface area contributed by atoms with Crippen molar-refractivity contribution in [3.05, 3.63) is 58.6 Å². The molecule has 2 aromatic carbocycles. The van der Waals surface area contributed by atoms with Gasteiger partial charge in [0.2, 0.25) is 0 Å². The maximum atomic E-state index is 12.2. The Bertz CT molecular complexity index is 635. The van der Waals surface area contributed by atoms with Crippen LogP contribution in [0, 0.1) is 0 Å². The Morgan fingerprint density at radius 3 is 2.55 bits per heavy atom. The van der Waals surface area contributed by atoms with Crippen LogP contribution in [0.5, 0.6) is 5.75 Å². The quantitative estimate of drug-likeness (QED) is 0.811. The van der Waals surface area contributed by atoms with Gasteiger partial charge in [-0.05, 0) is 37.3 Å². The van der Waals surface area contributed by atoms with Gasteiger partial charge in [-0.3, -0.25) is 4.90 Å². The summed E-state index contributed by atoms with van der Waals surface area (Å²) in [6, 6.07) is 14.1. The molecule has 0 aliphatic rings. The van der Waals surface area contributed by atoms with E-state index >= 15 is 0 Å². The lowest BCUT2D eigenvalue weighted by atomic mass is 10.3. The monoisotopic (exact) mass is 338 g/mol. The first-order valence-electron chi connectivity index (χ1n) is 6.80. The molecule has 2 aromatic rings. The Labute approximate surface area is 139 Å². The number of ether oxygens (including phenoxy) is 1. The van der Waals surface area contributed by atoms with Gasteiger partial charge >= 0.3 is 6.03 Å². The minimum absolute atomic E-state index is 0.0174. The van der Waals surface area contributed by atoms with Crippen molar-refractivity contribution in [1.29, 1.82) is 0 Å². The first kappa shape index (κ1) is 16.5. The van der Waals surface area contributed by atoms with Crippen LogP contribution >= 0.6 is 23.2 Å². The van der Waals surface area contributed by atoms with Gasteiger partial charge in [0.05, 0.1) is 5.02 Å². The van der Waals surface area contributed by atoms with Gasteiger partial charge in [-0.2, -0.15) is 0 Å². The lowest BCUT2D eigenvalue weighted by Gasteiger charge is -2.21. The number of carbonyl (C=O) groups is 1. The standard InChI is InChI=1S/C16H16Cl2N2O2/c1-2-20(13-6-4-3-5-7-13)16(21)19-11-22-15-9-8-12(17)10-14(15)18/h3-10H,2,11H2,1H3,(H,19,21). The number of para-hydroxylation sites is 1. The fraction of sp³-hybridized carbons (Fsp3) is 0.188. The molecule has 0 bridgehead atoms. The van der Waals surface area contributed by atoms with Crippen molar-refractivity contribution in [2.45, 2.75) is 6.92 Å². The van der Waals surface area contributed by atoms with Crippen molar-refractivity contribution in [2.24, 2.45) is 0 Å². The van der Waals surface area contributed by atoms with E-state index in [1.807, 2.05) is 37.3 Å². The molecule has 0 saturated heterocycles. The average Bonchev–Trinajstić information content (AvgIpc) is 2.51. The van der Waals surface area contributed by atoms with E-state index in [0.29, 0.717) is 22.3 Å². The second kappa shape index (κ2) is 7.92. The number of rotatable bonds is 5. The summed E-state index contributed by atoms with van der Waals surface area (Å²) in [4.78, 5) is 13.8. The van der Waals surface area contributed by atoms with Crippen molar-refractivity contribution in [2.75, 3.05) is 18.2 Å². The summed E-state index contributed by atoms with van der Waals surface area (Å²) in [5.41, 5.74) is 0.826. The summed E-state index contributed by atoms with van der Waals surface area (Å²) in [7, 11) is 0. The molecule has 0 fully saturated rings. The first-order chi connectivity index (χ1) is 10.6. The molecule has 0 aliphatic carbocycles. The summed E-state index contributed by atoms with van der Waals surface area (Å²) in [5.74, 6) is 0.467. The highest BCUT2D eigenvalue weighted by Crippen LogP contribution is 2.27. The van der Waals surface area contributed by atoms with Crippen molar-refractivity contribution >= 4 is 34.9 Å². The number of anilines is 1. The van der Waals surface area contributed by atoms with Crippen molar-refractivity contribution in [3.8, 4) is 5.75 Å². The number of halogens is 2. The lowest BCUT2D eigenvalue weighted by molar-refractivity contribution is 0.229. The van der Waals surface area contributed by atoms with Crippen molar-refractivity contribution < 1.29 is 9.53 Å². The Morgan fingerprint density at radius 2 is 1.91 bits per heavy atom. The molecule has 0 unspecified atom stereocenters. The molecule has 0 spiro atoms. The van der Waals surface area contributed by atoms with Crippen molar-refractivity contribution in [1.82, 2.24) is 5.32 Å². The van der Waals surface area contributed by atoms with E-state index in [1.165, 1.54) is 0 Å². The largest absolute Gasteiger partial charge is 0.472 e. The molecule has 0 heterocycles. The number of amides is 2. The minimum atomic E-state index is -0.237. The van der Waals surface area contributed by atoms with E-state index in [9.17, 15) is 4.79 Å². The van der Waals surface area contributed by atoms with Gasteiger partial charge in [0.1, 0.15) is 5.75 Å². The van der Waals surface area contributed by atoms with Crippen molar-refractivity contribution in [3.63, 3.8) is 0 Å². The molecule has 4 nitrogen and oxygen atoms in total. The second-order valence-electron chi connectivity index (χ2n) is 4.43. The molecule has 0 atom stereocenters. The SMILES string of the molecule is CCN(C(=O)NCOc1ccc(Cl)cc1Cl)c1ccccc1. The van der Waals surface area contributed by atoms with Crippen LogP contribution in [-0.2, 0) is 0 Å². The third-order valence-electron chi connectivity index (χ3n) is 2.97. The number of benzene rings is 2. The molecule has 6 heteroatoms. The summed E-state index contributed by atoms with van der Waals surface area (Å²) in [5, 5.41) is 3.63. The highest BCUT2D eigenvalue weighted by atomic mass is 35.5. The normalized spacial score (nSPS) is 10.1. The summed E-state index contributed by atoms with van der Waals surface area (Å²) in [6.45, 7) is 2.48. The maximum absolute atomic E-state index is 12.2. The van der Waals surface area contributed by atoms with Crippen LogP contribution in [0.1, 0.15) is 6.92 Å². The van der Waals surface area contributed by atoms with E-state index in [-0.39, 0.29) is 12.8 Å². The van der Waals surface area contributed by atoms with Gasteiger partial charge in [-0.25, -0.2) is 4.79 Å². The van der Waals surface area contributed by atoms with E-state index < -0.39 is 0 Å². The molecule has 2 rings (SSSR count). The third kappa shape index (κ3) is 4.29. The molecular weight excluding hydrogens is 323 g/mol. The second-order valence-corrected chi connectivity index (χ2v) is 5.27. The number of urea groups is 1. The lowest BCUT2D eigenvalue weighted by Crippen LogP contribution is -2.41. The Morgan fingerprint density at radius 1 is 1.18 bits per heavy atom. The van der Waals surface area contributed by atoms with Gasteiger partial charge in [0, 0.05) is 17.3 Å². The van der Waals surface area contributed by atoms with E-state index in [2.05, 4.69) is 5.32 Å². The van der Waals surface area contributed by atoms with Gasteiger partial charge in [-0.15, -0.1) is 0 Å². The Kier molecular flexibility index (Phi) is 5.92. The highest BCUT2D eigenvalue weighted by Gasteiger charge is 2.13. The van der Waals surface area contributed by atoms with Gasteiger partial charge in [0.15, 0.2) is 6.73 Å². The average molecular weight is 339 g/mol. The topological polar surface area (TPSA) is 41.6 Å². The molecule has 2 amide bonds. The first-order valence-corrected chi connectivity index (χ1v) is 7.55. The number of hydrogen-bond donors (Lipinski definition) is 1. The predicted octanol–water partition coefficient (Wildman–Crippen LogP) is 4.57. The smallest absolute Gasteiger partial charge is 0.324 e. The molecule has 0 radical (unpaired) electrons. The molecule has 116 valence electrons. The Balaban J connectivity index is 1.92. The third-order valence-corrected chi connectivity index (χ3v) is 3.50.